The van der Waals surface area contributed by atoms with Gasteiger partial charge in [0.25, 0.3) is 0 Å². The van der Waals surface area contributed by atoms with Crippen LogP contribution in [0.5, 0.6) is 0 Å². The molecule has 0 aliphatic heterocycles. The summed E-state index contributed by atoms with van der Waals surface area (Å²) in [4.78, 5) is 2.77. The summed E-state index contributed by atoms with van der Waals surface area (Å²) in [6, 6.07) is 4.34. The monoisotopic (exact) mass is 178 g/mol. The lowest BCUT2D eigenvalue weighted by Gasteiger charge is -1.97. The van der Waals surface area contributed by atoms with Gasteiger partial charge in [0.1, 0.15) is 0 Å². The van der Waals surface area contributed by atoms with E-state index in [2.05, 4.69) is 31.9 Å². The van der Waals surface area contributed by atoms with Gasteiger partial charge in [-0.3, -0.25) is 0 Å². The third-order valence-corrected chi connectivity index (χ3v) is 3.18. The molecule has 1 aromatic rings. The first-order chi connectivity index (χ1) is 5.77. The van der Waals surface area contributed by atoms with Gasteiger partial charge < -0.3 is 0 Å². The summed E-state index contributed by atoms with van der Waals surface area (Å²) in [7, 11) is 0. The topological polar surface area (TPSA) is 0 Å². The molecule has 12 heavy (non-hydrogen) atoms. The van der Waals surface area contributed by atoms with E-state index < -0.39 is 0 Å². The van der Waals surface area contributed by atoms with Crippen molar-refractivity contribution in [3.05, 3.63) is 21.9 Å². The van der Waals surface area contributed by atoms with Crippen LogP contribution in [0.15, 0.2) is 12.1 Å². The molecule has 0 aromatic carbocycles. The summed E-state index contributed by atoms with van der Waals surface area (Å²) in [5.74, 6) is 3.03. The molecule has 0 fully saturated rings. The molecule has 0 aliphatic rings. The third kappa shape index (κ3) is 2.12. The van der Waals surface area contributed by atoms with Crippen LogP contribution < -0.4 is 0 Å². The number of aryl methyl sites for hydroxylation is 1. The van der Waals surface area contributed by atoms with Gasteiger partial charge in [0, 0.05) is 9.75 Å². The van der Waals surface area contributed by atoms with Gasteiger partial charge in [-0.1, -0.05) is 19.3 Å². The van der Waals surface area contributed by atoms with Gasteiger partial charge in [-0.2, -0.15) is 0 Å². The molecule has 1 unspecified atom stereocenters. The summed E-state index contributed by atoms with van der Waals surface area (Å²) in [6.45, 7) is 4.27. The molecule has 0 amide bonds. The Morgan fingerprint density at radius 3 is 2.92 bits per heavy atom. The molecule has 0 radical (unpaired) electrons. The zero-order chi connectivity index (χ0) is 8.97. The first-order valence-electron chi connectivity index (χ1n) is 4.32. The van der Waals surface area contributed by atoms with Crippen LogP contribution in [-0.2, 0) is 6.42 Å². The predicted molar refractivity (Wildman–Crippen MR) is 55.6 cm³/mol. The zero-order valence-electron chi connectivity index (χ0n) is 7.63. The van der Waals surface area contributed by atoms with E-state index in [1.54, 1.807) is 0 Å². The quantitative estimate of drug-likeness (QED) is 0.622. The van der Waals surface area contributed by atoms with Crippen LogP contribution in [0.25, 0.3) is 0 Å². The molecular weight excluding hydrogens is 164 g/mol. The molecule has 0 N–H and O–H groups in total. The van der Waals surface area contributed by atoms with E-state index in [0.717, 1.165) is 0 Å². The molecule has 64 valence electrons. The summed E-state index contributed by atoms with van der Waals surface area (Å²) in [5.41, 5.74) is 0. The average molecular weight is 178 g/mol. The maximum atomic E-state index is 5.34. The summed E-state index contributed by atoms with van der Waals surface area (Å²) >= 11 is 1.85. The SMILES string of the molecule is C#CC(C)c1ccc(CCC)s1. The lowest BCUT2D eigenvalue weighted by Crippen LogP contribution is -1.81. The highest BCUT2D eigenvalue weighted by atomic mass is 32.1. The molecule has 0 saturated carbocycles. The second-order valence-electron chi connectivity index (χ2n) is 2.94. The van der Waals surface area contributed by atoms with Crippen molar-refractivity contribution in [1.82, 2.24) is 0 Å². The Morgan fingerprint density at radius 2 is 2.33 bits per heavy atom. The van der Waals surface area contributed by atoms with Crippen molar-refractivity contribution in [3.63, 3.8) is 0 Å². The molecule has 0 spiro atoms. The Morgan fingerprint density at radius 1 is 1.58 bits per heavy atom. The van der Waals surface area contributed by atoms with Gasteiger partial charge in [0.2, 0.25) is 0 Å². The van der Waals surface area contributed by atoms with Crippen molar-refractivity contribution in [1.29, 1.82) is 0 Å². The van der Waals surface area contributed by atoms with Crippen molar-refractivity contribution >= 4 is 11.3 Å². The van der Waals surface area contributed by atoms with Gasteiger partial charge in [0.15, 0.2) is 0 Å². The van der Waals surface area contributed by atoms with E-state index in [1.165, 1.54) is 22.6 Å². The van der Waals surface area contributed by atoms with Crippen LogP contribution in [-0.4, -0.2) is 0 Å². The maximum absolute atomic E-state index is 5.34. The molecule has 1 rings (SSSR count). The minimum Gasteiger partial charge on any atom is -0.144 e. The van der Waals surface area contributed by atoms with E-state index in [9.17, 15) is 0 Å². The van der Waals surface area contributed by atoms with Gasteiger partial charge >= 0.3 is 0 Å². The van der Waals surface area contributed by atoms with Crippen LogP contribution in [0.2, 0.25) is 0 Å². The van der Waals surface area contributed by atoms with Crippen LogP contribution in [0.3, 0.4) is 0 Å². The highest BCUT2D eigenvalue weighted by Gasteiger charge is 2.04. The molecule has 1 heterocycles. The summed E-state index contributed by atoms with van der Waals surface area (Å²) in [5, 5.41) is 0. The van der Waals surface area contributed by atoms with E-state index in [1.807, 2.05) is 11.3 Å². The number of hydrogen-bond acceptors (Lipinski definition) is 1. The van der Waals surface area contributed by atoms with Gasteiger partial charge in [-0.25, -0.2) is 0 Å². The first-order valence-corrected chi connectivity index (χ1v) is 5.14. The van der Waals surface area contributed by atoms with Crippen LogP contribution in [0.1, 0.15) is 35.9 Å². The summed E-state index contributed by atoms with van der Waals surface area (Å²) in [6.07, 6.45) is 7.74. The van der Waals surface area contributed by atoms with Crippen molar-refractivity contribution in [2.45, 2.75) is 32.6 Å². The van der Waals surface area contributed by atoms with E-state index in [0.29, 0.717) is 0 Å². The van der Waals surface area contributed by atoms with E-state index in [4.69, 9.17) is 6.42 Å². The Labute approximate surface area is 78.6 Å². The smallest absolute Gasteiger partial charge is 0.0515 e. The van der Waals surface area contributed by atoms with Crippen LogP contribution in [0, 0.1) is 12.3 Å². The average Bonchev–Trinajstić information content (AvgIpc) is 2.52. The third-order valence-electron chi connectivity index (χ3n) is 1.86. The first kappa shape index (κ1) is 9.35. The number of thiophene rings is 1. The zero-order valence-corrected chi connectivity index (χ0v) is 8.45. The molecule has 0 aliphatic carbocycles. The Bertz CT molecular complexity index is 277. The molecule has 1 atom stereocenters. The highest BCUT2D eigenvalue weighted by molar-refractivity contribution is 7.12. The fourth-order valence-electron chi connectivity index (χ4n) is 1.09. The lowest BCUT2D eigenvalue weighted by atomic mass is 10.1. The van der Waals surface area contributed by atoms with E-state index >= 15 is 0 Å². The number of terminal acetylenes is 1. The molecule has 0 bridgehead atoms. The maximum Gasteiger partial charge on any atom is 0.0515 e. The van der Waals surface area contributed by atoms with E-state index in [-0.39, 0.29) is 5.92 Å². The highest BCUT2D eigenvalue weighted by Crippen LogP contribution is 2.24. The van der Waals surface area contributed by atoms with Gasteiger partial charge in [0.05, 0.1) is 5.92 Å². The Hall–Kier alpha value is -0.740. The molecule has 0 saturated heterocycles. The largest absolute Gasteiger partial charge is 0.144 e. The standard InChI is InChI=1S/C11H14S/c1-4-6-10-7-8-11(12-10)9(3)5-2/h2,7-9H,4,6H2,1,3H3. The normalized spacial score (nSPS) is 12.4. The van der Waals surface area contributed by atoms with Crippen molar-refractivity contribution in [2.24, 2.45) is 0 Å². The summed E-state index contributed by atoms with van der Waals surface area (Å²) < 4.78 is 0. The number of hydrogen-bond donors (Lipinski definition) is 0. The second-order valence-corrected chi connectivity index (χ2v) is 4.14. The lowest BCUT2D eigenvalue weighted by molar-refractivity contribution is 0.940. The second kappa shape index (κ2) is 4.33. The fourth-order valence-corrected chi connectivity index (χ4v) is 2.22. The van der Waals surface area contributed by atoms with Gasteiger partial charge in [-0.05, 0) is 25.5 Å². The Kier molecular flexibility index (Phi) is 3.37. The van der Waals surface area contributed by atoms with Crippen LogP contribution >= 0.6 is 11.3 Å². The minimum atomic E-state index is 0.278. The Balaban J connectivity index is 2.71. The van der Waals surface area contributed by atoms with Crippen molar-refractivity contribution in [2.75, 3.05) is 0 Å². The minimum absolute atomic E-state index is 0.278. The van der Waals surface area contributed by atoms with Crippen molar-refractivity contribution in [3.8, 4) is 12.3 Å². The van der Waals surface area contributed by atoms with Crippen LogP contribution in [0.4, 0.5) is 0 Å². The fraction of sp³-hybridized carbons (Fsp3) is 0.455. The number of rotatable bonds is 3. The predicted octanol–water partition coefficient (Wildman–Crippen LogP) is 3.44. The van der Waals surface area contributed by atoms with Gasteiger partial charge in [-0.15, -0.1) is 17.8 Å². The van der Waals surface area contributed by atoms with Crippen molar-refractivity contribution < 1.29 is 0 Å². The molecule has 0 nitrogen and oxygen atoms in total. The molecular formula is C11H14S. The molecule has 1 aromatic heterocycles. The molecule has 1 heteroatoms.